The second-order valence-electron chi connectivity index (χ2n) is 6.96. The fourth-order valence-electron chi connectivity index (χ4n) is 3.20. The molecule has 1 aliphatic rings. The van der Waals surface area contributed by atoms with Crippen LogP contribution in [-0.2, 0) is 12.3 Å². The summed E-state index contributed by atoms with van der Waals surface area (Å²) in [6.07, 6.45) is 4.20. The second-order valence-corrected chi connectivity index (χ2v) is 7.90. The van der Waals surface area contributed by atoms with Gasteiger partial charge in [0.2, 0.25) is 5.89 Å². The Balaban J connectivity index is 1.34. The number of nitrogens with zero attached hydrogens (tertiary/aromatic N) is 4. The van der Waals surface area contributed by atoms with Crippen LogP contribution in [0.2, 0.25) is 0 Å². The summed E-state index contributed by atoms with van der Waals surface area (Å²) in [5.74, 6) is 3.78. The standard InChI is InChI=1S/C22H20N4OS/c1-3-7-16(8-4-1)14-26-21(18-11-12-18)24-25-22(26)28-15-20-23-13-19(27-20)17-9-5-2-6-10-17/h1-10,13,18H,11-12,14-15H2. The number of hydrogen-bond acceptors (Lipinski definition) is 5. The number of thioether (sulfide) groups is 1. The topological polar surface area (TPSA) is 56.7 Å². The Hall–Kier alpha value is -2.86. The summed E-state index contributed by atoms with van der Waals surface area (Å²) in [7, 11) is 0. The second kappa shape index (κ2) is 7.64. The monoisotopic (exact) mass is 388 g/mol. The molecule has 1 saturated carbocycles. The van der Waals surface area contributed by atoms with Crippen molar-refractivity contribution >= 4 is 11.8 Å². The van der Waals surface area contributed by atoms with Crippen molar-refractivity contribution in [1.82, 2.24) is 19.7 Å². The van der Waals surface area contributed by atoms with Gasteiger partial charge >= 0.3 is 0 Å². The predicted molar refractivity (Wildman–Crippen MR) is 109 cm³/mol. The Bertz CT molecular complexity index is 1050. The van der Waals surface area contributed by atoms with Gasteiger partial charge in [0.05, 0.1) is 18.5 Å². The minimum Gasteiger partial charge on any atom is -0.440 e. The molecule has 5 nitrogen and oxygen atoms in total. The van der Waals surface area contributed by atoms with Crippen molar-refractivity contribution in [3.05, 3.63) is 84.1 Å². The molecule has 0 atom stereocenters. The normalized spacial score (nSPS) is 13.7. The van der Waals surface area contributed by atoms with E-state index in [1.807, 2.05) is 36.4 Å². The number of rotatable bonds is 7. The van der Waals surface area contributed by atoms with E-state index in [-0.39, 0.29) is 0 Å². The maximum absolute atomic E-state index is 5.93. The van der Waals surface area contributed by atoms with Gasteiger partial charge in [0, 0.05) is 11.5 Å². The molecule has 1 fully saturated rings. The van der Waals surface area contributed by atoms with E-state index in [0.29, 0.717) is 17.6 Å². The molecule has 4 aromatic rings. The molecule has 6 heteroatoms. The van der Waals surface area contributed by atoms with Gasteiger partial charge in [0.1, 0.15) is 5.82 Å². The third kappa shape index (κ3) is 3.73. The lowest BCUT2D eigenvalue weighted by atomic mass is 10.2. The average molecular weight is 388 g/mol. The highest BCUT2D eigenvalue weighted by Gasteiger charge is 2.30. The minimum absolute atomic E-state index is 0.553. The van der Waals surface area contributed by atoms with Crippen LogP contribution in [0.1, 0.15) is 36.0 Å². The van der Waals surface area contributed by atoms with Crippen LogP contribution in [0, 0.1) is 0 Å². The van der Waals surface area contributed by atoms with Gasteiger partial charge in [-0.05, 0) is 18.4 Å². The lowest BCUT2D eigenvalue weighted by Gasteiger charge is -2.09. The van der Waals surface area contributed by atoms with Crippen molar-refractivity contribution in [2.75, 3.05) is 0 Å². The van der Waals surface area contributed by atoms with Crippen molar-refractivity contribution in [2.45, 2.75) is 36.2 Å². The third-order valence-corrected chi connectivity index (χ3v) is 5.76. The molecular weight excluding hydrogens is 368 g/mol. The summed E-state index contributed by atoms with van der Waals surface area (Å²) in [4.78, 5) is 4.43. The minimum atomic E-state index is 0.553. The maximum Gasteiger partial charge on any atom is 0.205 e. The lowest BCUT2D eigenvalue weighted by Crippen LogP contribution is -2.06. The van der Waals surface area contributed by atoms with Gasteiger partial charge in [-0.1, -0.05) is 72.4 Å². The van der Waals surface area contributed by atoms with Crippen LogP contribution in [0.4, 0.5) is 0 Å². The van der Waals surface area contributed by atoms with Crippen LogP contribution >= 0.6 is 11.8 Å². The zero-order valence-electron chi connectivity index (χ0n) is 15.4. The van der Waals surface area contributed by atoms with Gasteiger partial charge in [0.15, 0.2) is 10.9 Å². The summed E-state index contributed by atoms with van der Waals surface area (Å²) < 4.78 is 8.18. The van der Waals surface area contributed by atoms with Gasteiger partial charge in [-0.2, -0.15) is 0 Å². The molecule has 0 bridgehead atoms. The lowest BCUT2D eigenvalue weighted by molar-refractivity contribution is 0.529. The van der Waals surface area contributed by atoms with E-state index in [0.717, 1.165) is 28.8 Å². The molecule has 0 spiro atoms. The number of benzene rings is 2. The van der Waals surface area contributed by atoms with E-state index in [4.69, 9.17) is 4.42 Å². The number of aromatic nitrogens is 4. The van der Waals surface area contributed by atoms with E-state index in [1.165, 1.54) is 18.4 Å². The van der Waals surface area contributed by atoms with Gasteiger partial charge < -0.3 is 8.98 Å². The van der Waals surface area contributed by atoms with Crippen molar-refractivity contribution in [3.8, 4) is 11.3 Å². The zero-order chi connectivity index (χ0) is 18.8. The van der Waals surface area contributed by atoms with Crippen molar-refractivity contribution in [1.29, 1.82) is 0 Å². The Kier molecular flexibility index (Phi) is 4.71. The van der Waals surface area contributed by atoms with E-state index in [9.17, 15) is 0 Å². The molecule has 0 N–H and O–H groups in total. The quantitative estimate of drug-likeness (QED) is 0.410. The number of hydrogen-bond donors (Lipinski definition) is 0. The zero-order valence-corrected chi connectivity index (χ0v) is 16.2. The molecule has 140 valence electrons. The molecule has 0 saturated heterocycles. The maximum atomic E-state index is 5.93. The molecule has 0 aliphatic heterocycles. The molecule has 28 heavy (non-hydrogen) atoms. The summed E-state index contributed by atoms with van der Waals surface area (Å²) in [6.45, 7) is 0.794. The predicted octanol–water partition coefficient (Wildman–Crippen LogP) is 5.15. The molecule has 2 aromatic heterocycles. The Morgan fingerprint density at radius 1 is 0.964 bits per heavy atom. The van der Waals surface area contributed by atoms with Crippen molar-refractivity contribution in [2.24, 2.45) is 0 Å². The molecule has 2 aromatic carbocycles. The highest BCUT2D eigenvalue weighted by atomic mass is 32.2. The molecule has 0 amide bonds. The first-order valence-electron chi connectivity index (χ1n) is 9.47. The molecular formula is C22H20N4OS. The fraction of sp³-hybridized carbons (Fsp3) is 0.227. The molecule has 0 unspecified atom stereocenters. The summed E-state index contributed by atoms with van der Waals surface area (Å²) >= 11 is 1.63. The van der Waals surface area contributed by atoms with Crippen LogP contribution in [0.5, 0.6) is 0 Å². The Morgan fingerprint density at radius 3 is 2.46 bits per heavy atom. The highest BCUT2D eigenvalue weighted by Crippen LogP contribution is 2.40. The van der Waals surface area contributed by atoms with Gasteiger partial charge in [0.25, 0.3) is 0 Å². The van der Waals surface area contributed by atoms with Gasteiger partial charge in [-0.3, -0.25) is 0 Å². The number of oxazole rings is 1. The molecule has 2 heterocycles. The van der Waals surface area contributed by atoms with Crippen LogP contribution < -0.4 is 0 Å². The summed E-state index contributed by atoms with van der Waals surface area (Å²) in [6, 6.07) is 20.5. The largest absolute Gasteiger partial charge is 0.440 e. The first-order chi connectivity index (χ1) is 13.9. The average Bonchev–Trinajstić information content (AvgIpc) is 3.34. The first-order valence-corrected chi connectivity index (χ1v) is 10.5. The van der Waals surface area contributed by atoms with Gasteiger partial charge in [-0.25, -0.2) is 4.98 Å². The molecule has 5 rings (SSSR count). The van der Waals surface area contributed by atoms with E-state index < -0.39 is 0 Å². The van der Waals surface area contributed by atoms with Crippen molar-refractivity contribution in [3.63, 3.8) is 0 Å². The van der Waals surface area contributed by atoms with Crippen LogP contribution in [0.25, 0.3) is 11.3 Å². The van der Waals surface area contributed by atoms with E-state index >= 15 is 0 Å². The Labute approximate surface area is 167 Å². The highest BCUT2D eigenvalue weighted by molar-refractivity contribution is 7.98. The van der Waals surface area contributed by atoms with Crippen LogP contribution in [0.15, 0.2) is 76.4 Å². The fourth-order valence-corrected chi connectivity index (χ4v) is 4.00. The van der Waals surface area contributed by atoms with Crippen LogP contribution in [0.3, 0.4) is 0 Å². The molecule has 0 radical (unpaired) electrons. The SMILES string of the molecule is c1ccc(Cn2c(SCc3ncc(-c4ccccc4)o3)nnc2C2CC2)cc1. The molecule has 1 aliphatic carbocycles. The van der Waals surface area contributed by atoms with E-state index in [2.05, 4.69) is 44.0 Å². The van der Waals surface area contributed by atoms with Crippen LogP contribution in [-0.4, -0.2) is 19.7 Å². The first kappa shape index (κ1) is 17.3. The van der Waals surface area contributed by atoms with E-state index in [1.54, 1.807) is 18.0 Å². The smallest absolute Gasteiger partial charge is 0.205 e. The summed E-state index contributed by atoms with van der Waals surface area (Å²) in [5.41, 5.74) is 2.29. The Morgan fingerprint density at radius 2 is 1.71 bits per heavy atom. The third-order valence-electron chi connectivity index (χ3n) is 4.81. The van der Waals surface area contributed by atoms with Crippen molar-refractivity contribution < 1.29 is 4.42 Å². The van der Waals surface area contributed by atoms with Gasteiger partial charge in [-0.15, -0.1) is 10.2 Å². The summed E-state index contributed by atoms with van der Waals surface area (Å²) in [5, 5.41) is 9.86.